The summed E-state index contributed by atoms with van der Waals surface area (Å²) in [7, 11) is 0. The summed E-state index contributed by atoms with van der Waals surface area (Å²) in [5.41, 5.74) is 6.78. The summed E-state index contributed by atoms with van der Waals surface area (Å²) >= 11 is 0. The number of aromatic nitrogens is 2. The Morgan fingerprint density at radius 3 is 2.78 bits per heavy atom. The minimum atomic E-state index is -2.57. The van der Waals surface area contributed by atoms with E-state index in [1.165, 1.54) is 18.5 Å². The SMILES string of the molecule is Nc1ccc(NCc2ccncn2)c(C(F)F)c1. The fraction of sp³-hybridized carbons (Fsp3) is 0.167. The van der Waals surface area contributed by atoms with Crippen molar-refractivity contribution in [1.29, 1.82) is 0 Å². The van der Waals surface area contributed by atoms with Crippen LogP contribution in [0, 0.1) is 0 Å². The number of benzene rings is 1. The van der Waals surface area contributed by atoms with E-state index in [0.29, 0.717) is 17.9 Å². The van der Waals surface area contributed by atoms with Gasteiger partial charge < -0.3 is 11.1 Å². The first-order valence-corrected chi connectivity index (χ1v) is 5.33. The van der Waals surface area contributed by atoms with E-state index in [4.69, 9.17) is 5.73 Å². The number of nitrogen functional groups attached to an aromatic ring is 1. The van der Waals surface area contributed by atoms with Crippen molar-refractivity contribution in [1.82, 2.24) is 9.97 Å². The summed E-state index contributed by atoms with van der Waals surface area (Å²) < 4.78 is 25.6. The molecule has 0 atom stereocenters. The highest BCUT2D eigenvalue weighted by molar-refractivity contribution is 5.58. The largest absolute Gasteiger partial charge is 0.399 e. The molecule has 94 valence electrons. The molecule has 4 nitrogen and oxygen atoms in total. The topological polar surface area (TPSA) is 63.8 Å². The van der Waals surface area contributed by atoms with Crippen molar-refractivity contribution in [3.8, 4) is 0 Å². The Hall–Kier alpha value is -2.24. The number of hydrogen-bond acceptors (Lipinski definition) is 4. The van der Waals surface area contributed by atoms with Crippen LogP contribution in [0.2, 0.25) is 0 Å². The first kappa shape index (κ1) is 12.2. The molecule has 1 aromatic heterocycles. The number of nitrogens with zero attached hydrogens (tertiary/aromatic N) is 2. The first-order chi connectivity index (χ1) is 8.66. The summed E-state index contributed by atoms with van der Waals surface area (Å²) in [6.07, 6.45) is 0.441. The van der Waals surface area contributed by atoms with Crippen LogP contribution in [0.25, 0.3) is 0 Å². The van der Waals surface area contributed by atoms with Gasteiger partial charge in [-0.1, -0.05) is 0 Å². The van der Waals surface area contributed by atoms with Crippen molar-refractivity contribution in [3.63, 3.8) is 0 Å². The van der Waals surface area contributed by atoms with Crippen LogP contribution in [-0.2, 0) is 6.54 Å². The third-order valence-electron chi connectivity index (χ3n) is 2.41. The summed E-state index contributed by atoms with van der Waals surface area (Å²) in [6.45, 7) is 0.353. The van der Waals surface area contributed by atoms with Gasteiger partial charge in [-0.2, -0.15) is 0 Å². The van der Waals surface area contributed by atoms with E-state index in [0.717, 1.165) is 5.69 Å². The Bertz CT molecular complexity index is 517. The van der Waals surface area contributed by atoms with Crippen LogP contribution in [-0.4, -0.2) is 9.97 Å². The molecule has 1 heterocycles. The molecule has 0 saturated carbocycles. The van der Waals surface area contributed by atoms with Gasteiger partial charge in [-0.05, 0) is 24.3 Å². The fourth-order valence-electron chi connectivity index (χ4n) is 1.53. The highest BCUT2D eigenvalue weighted by atomic mass is 19.3. The second-order valence-corrected chi connectivity index (χ2v) is 3.70. The zero-order valence-electron chi connectivity index (χ0n) is 9.48. The zero-order valence-corrected chi connectivity index (χ0v) is 9.48. The first-order valence-electron chi connectivity index (χ1n) is 5.33. The van der Waals surface area contributed by atoms with E-state index in [9.17, 15) is 8.78 Å². The number of anilines is 2. The number of alkyl halides is 2. The third-order valence-corrected chi connectivity index (χ3v) is 2.41. The minimum Gasteiger partial charge on any atom is -0.399 e. The number of nitrogens with two attached hydrogens (primary N) is 1. The predicted molar refractivity (Wildman–Crippen MR) is 65.2 cm³/mol. The minimum absolute atomic E-state index is 0.107. The van der Waals surface area contributed by atoms with Gasteiger partial charge >= 0.3 is 0 Å². The Morgan fingerprint density at radius 1 is 1.28 bits per heavy atom. The molecule has 18 heavy (non-hydrogen) atoms. The maximum Gasteiger partial charge on any atom is 0.265 e. The van der Waals surface area contributed by atoms with E-state index < -0.39 is 6.43 Å². The summed E-state index contributed by atoms with van der Waals surface area (Å²) in [5, 5.41) is 2.91. The van der Waals surface area contributed by atoms with E-state index in [2.05, 4.69) is 15.3 Å². The molecule has 0 saturated heterocycles. The molecule has 0 radical (unpaired) electrons. The predicted octanol–water partition coefficient (Wildman–Crippen LogP) is 2.61. The summed E-state index contributed by atoms with van der Waals surface area (Å²) in [4.78, 5) is 7.78. The Kier molecular flexibility index (Phi) is 3.66. The third kappa shape index (κ3) is 2.91. The van der Waals surface area contributed by atoms with Gasteiger partial charge in [0.05, 0.1) is 12.2 Å². The quantitative estimate of drug-likeness (QED) is 0.819. The molecule has 6 heteroatoms. The van der Waals surface area contributed by atoms with Crippen molar-refractivity contribution in [2.45, 2.75) is 13.0 Å². The average Bonchev–Trinajstić information content (AvgIpc) is 2.38. The lowest BCUT2D eigenvalue weighted by Gasteiger charge is -2.11. The van der Waals surface area contributed by atoms with Crippen LogP contribution < -0.4 is 11.1 Å². The molecular formula is C12H12F2N4. The second-order valence-electron chi connectivity index (χ2n) is 3.70. The normalized spacial score (nSPS) is 10.6. The molecule has 0 aliphatic carbocycles. The van der Waals surface area contributed by atoms with Gasteiger partial charge in [-0.3, -0.25) is 0 Å². The lowest BCUT2D eigenvalue weighted by molar-refractivity contribution is 0.152. The molecular weight excluding hydrogens is 238 g/mol. The number of halogens is 2. The van der Waals surface area contributed by atoms with Gasteiger partial charge in [0.15, 0.2) is 0 Å². The highest BCUT2D eigenvalue weighted by Gasteiger charge is 2.13. The Labute approximate surface area is 103 Å². The van der Waals surface area contributed by atoms with Gasteiger partial charge in [0.1, 0.15) is 6.33 Å². The lowest BCUT2D eigenvalue weighted by atomic mass is 10.1. The van der Waals surface area contributed by atoms with Crippen LogP contribution in [0.15, 0.2) is 36.8 Å². The van der Waals surface area contributed by atoms with Crippen LogP contribution in [0.5, 0.6) is 0 Å². The summed E-state index contributed by atoms with van der Waals surface area (Å²) in [5.74, 6) is 0. The molecule has 1 aromatic carbocycles. The van der Waals surface area contributed by atoms with Gasteiger partial charge in [0.2, 0.25) is 0 Å². The monoisotopic (exact) mass is 250 g/mol. The van der Waals surface area contributed by atoms with Gasteiger partial charge in [0, 0.05) is 23.1 Å². The molecule has 0 spiro atoms. The lowest BCUT2D eigenvalue weighted by Crippen LogP contribution is -2.05. The number of hydrogen-bond donors (Lipinski definition) is 2. The molecule has 0 aliphatic rings. The summed E-state index contributed by atoms with van der Waals surface area (Å²) in [6, 6.07) is 6.10. The number of rotatable bonds is 4. The molecule has 2 rings (SSSR count). The standard InChI is InChI=1S/C12H12F2N4/c13-12(14)10-5-8(15)1-2-11(10)17-6-9-3-4-16-7-18-9/h1-5,7,12,17H,6,15H2. The van der Waals surface area contributed by atoms with E-state index in [1.807, 2.05) is 0 Å². The van der Waals surface area contributed by atoms with Gasteiger partial charge in [0.25, 0.3) is 6.43 Å². The van der Waals surface area contributed by atoms with E-state index in [-0.39, 0.29) is 5.56 Å². The highest BCUT2D eigenvalue weighted by Crippen LogP contribution is 2.29. The van der Waals surface area contributed by atoms with E-state index in [1.54, 1.807) is 18.3 Å². The fourth-order valence-corrected chi connectivity index (χ4v) is 1.53. The Morgan fingerprint density at radius 2 is 2.11 bits per heavy atom. The molecule has 3 N–H and O–H groups in total. The molecule has 0 aliphatic heterocycles. The maximum atomic E-state index is 12.8. The van der Waals surface area contributed by atoms with Crippen molar-refractivity contribution >= 4 is 11.4 Å². The number of nitrogens with one attached hydrogen (secondary N) is 1. The van der Waals surface area contributed by atoms with Crippen molar-refractivity contribution in [3.05, 3.63) is 48.0 Å². The van der Waals surface area contributed by atoms with Crippen molar-refractivity contribution in [2.75, 3.05) is 11.1 Å². The van der Waals surface area contributed by atoms with Crippen LogP contribution in [0.1, 0.15) is 17.7 Å². The molecule has 2 aromatic rings. The van der Waals surface area contributed by atoms with Gasteiger partial charge in [-0.25, -0.2) is 18.7 Å². The average molecular weight is 250 g/mol. The second kappa shape index (κ2) is 5.39. The van der Waals surface area contributed by atoms with Crippen LogP contribution >= 0.6 is 0 Å². The smallest absolute Gasteiger partial charge is 0.265 e. The molecule has 0 unspecified atom stereocenters. The van der Waals surface area contributed by atoms with Crippen molar-refractivity contribution in [2.24, 2.45) is 0 Å². The maximum absolute atomic E-state index is 12.8. The molecule has 0 fully saturated rings. The van der Waals surface area contributed by atoms with E-state index >= 15 is 0 Å². The Balaban J connectivity index is 2.14. The van der Waals surface area contributed by atoms with Crippen LogP contribution in [0.3, 0.4) is 0 Å². The van der Waals surface area contributed by atoms with Crippen molar-refractivity contribution < 1.29 is 8.78 Å². The molecule has 0 amide bonds. The van der Waals surface area contributed by atoms with Crippen LogP contribution in [0.4, 0.5) is 20.2 Å². The van der Waals surface area contributed by atoms with Gasteiger partial charge in [-0.15, -0.1) is 0 Å². The molecule has 0 bridgehead atoms. The zero-order chi connectivity index (χ0) is 13.0.